The number of hydrogen-bond donors (Lipinski definition) is 0. The minimum Gasteiger partial charge on any atom is -0.466 e. The molecule has 0 N–H and O–H groups in total. The van der Waals surface area contributed by atoms with Gasteiger partial charge < -0.3 is 8.83 Å². The van der Waals surface area contributed by atoms with Gasteiger partial charge in [0.2, 0.25) is 0 Å². The second-order valence-electron chi connectivity index (χ2n) is 4.74. The average molecular weight is 252 g/mol. The van der Waals surface area contributed by atoms with E-state index in [2.05, 4.69) is 18.2 Å². The number of hydrogen-bond acceptors (Lipinski definition) is 2. The maximum atomic E-state index is 5.82. The van der Waals surface area contributed by atoms with Crippen molar-refractivity contribution in [2.75, 3.05) is 0 Å². The summed E-state index contributed by atoms with van der Waals surface area (Å²) >= 11 is 0. The van der Waals surface area contributed by atoms with Crippen molar-refractivity contribution in [1.29, 1.82) is 0 Å². The Morgan fingerprint density at radius 2 is 1.63 bits per heavy atom. The monoisotopic (exact) mass is 252 g/mol. The van der Waals surface area contributed by atoms with E-state index < -0.39 is 0 Å². The molecule has 0 aliphatic heterocycles. The van der Waals surface area contributed by atoms with Gasteiger partial charge in [0.1, 0.15) is 23.0 Å². The van der Waals surface area contributed by atoms with E-state index in [9.17, 15) is 0 Å². The van der Waals surface area contributed by atoms with Gasteiger partial charge in [-0.15, -0.1) is 0 Å². The maximum Gasteiger partial charge on any atom is 0.112 e. The number of aryl methyl sites for hydroxylation is 2. The molecule has 0 saturated carbocycles. The molecule has 3 aromatic rings. The summed E-state index contributed by atoms with van der Waals surface area (Å²) in [5.74, 6) is 3.75. The molecule has 0 saturated heterocycles. The van der Waals surface area contributed by atoms with Crippen molar-refractivity contribution < 1.29 is 8.83 Å². The quantitative estimate of drug-likeness (QED) is 0.672. The van der Waals surface area contributed by atoms with Crippen molar-refractivity contribution >= 4 is 0 Å². The highest BCUT2D eigenvalue weighted by atomic mass is 16.4. The number of benzene rings is 1. The van der Waals surface area contributed by atoms with Crippen molar-refractivity contribution in [2.45, 2.75) is 20.3 Å². The van der Waals surface area contributed by atoms with Crippen molar-refractivity contribution in [1.82, 2.24) is 0 Å². The summed E-state index contributed by atoms with van der Waals surface area (Å²) in [5.41, 5.74) is 2.34. The van der Waals surface area contributed by atoms with Gasteiger partial charge in [-0.2, -0.15) is 0 Å². The highest BCUT2D eigenvalue weighted by Crippen LogP contribution is 2.27. The predicted octanol–water partition coefficient (Wildman–Crippen LogP) is 4.75. The Bertz CT molecular complexity index is 674. The fourth-order valence-electron chi connectivity index (χ4n) is 2.29. The molecule has 0 aliphatic rings. The second kappa shape index (κ2) is 4.81. The third-order valence-corrected chi connectivity index (χ3v) is 3.20. The Labute approximate surface area is 112 Å². The summed E-state index contributed by atoms with van der Waals surface area (Å²) in [6, 6.07) is 16.4. The first-order chi connectivity index (χ1) is 9.22. The van der Waals surface area contributed by atoms with Crippen molar-refractivity contribution in [3.05, 3.63) is 71.6 Å². The topological polar surface area (TPSA) is 26.3 Å². The average Bonchev–Trinajstić information content (AvgIpc) is 2.97. The van der Waals surface area contributed by atoms with Crippen LogP contribution in [0.5, 0.6) is 0 Å². The molecule has 0 aliphatic carbocycles. The fourth-order valence-corrected chi connectivity index (χ4v) is 2.29. The lowest BCUT2D eigenvalue weighted by Gasteiger charge is -1.96. The fraction of sp³-hybridized carbons (Fsp3) is 0.176. The van der Waals surface area contributed by atoms with Crippen LogP contribution in [-0.2, 0) is 6.42 Å². The van der Waals surface area contributed by atoms with Crippen LogP contribution in [0.3, 0.4) is 0 Å². The van der Waals surface area contributed by atoms with E-state index in [-0.39, 0.29) is 0 Å². The molecular formula is C17H16O2. The normalized spacial score (nSPS) is 10.8. The minimum atomic E-state index is 0.696. The van der Waals surface area contributed by atoms with Crippen LogP contribution in [0.2, 0.25) is 0 Å². The van der Waals surface area contributed by atoms with Crippen LogP contribution in [-0.4, -0.2) is 0 Å². The summed E-state index contributed by atoms with van der Waals surface area (Å²) in [6.45, 7) is 3.95. The number of rotatable bonds is 3. The van der Waals surface area contributed by atoms with Crippen LogP contribution in [0.25, 0.3) is 11.1 Å². The first-order valence-electron chi connectivity index (χ1n) is 6.42. The highest BCUT2D eigenvalue weighted by molar-refractivity contribution is 5.65. The summed E-state index contributed by atoms with van der Waals surface area (Å²) in [6.07, 6.45) is 0.696. The molecule has 0 radical (unpaired) electrons. The molecule has 3 rings (SSSR count). The zero-order valence-electron chi connectivity index (χ0n) is 11.1. The highest BCUT2D eigenvalue weighted by Gasteiger charge is 2.11. The Balaban J connectivity index is 1.89. The van der Waals surface area contributed by atoms with E-state index in [1.54, 1.807) is 0 Å². The van der Waals surface area contributed by atoms with Crippen molar-refractivity contribution in [2.24, 2.45) is 0 Å². The molecule has 1 aromatic carbocycles. The summed E-state index contributed by atoms with van der Waals surface area (Å²) < 4.78 is 11.4. The van der Waals surface area contributed by atoms with E-state index >= 15 is 0 Å². The standard InChI is InChI=1S/C17H16O2/c1-12-8-9-15(18-12)10-16-11-17(13(2)19-16)14-6-4-3-5-7-14/h3-9,11H,10H2,1-2H3. The molecular weight excluding hydrogens is 236 g/mol. The predicted molar refractivity (Wildman–Crippen MR) is 75.1 cm³/mol. The minimum absolute atomic E-state index is 0.696. The third-order valence-electron chi connectivity index (χ3n) is 3.20. The second-order valence-corrected chi connectivity index (χ2v) is 4.74. The van der Waals surface area contributed by atoms with E-state index in [1.165, 1.54) is 5.56 Å². The van der Waals surface area contributed by atoms with E-state index in [0.717, 1.165) is 28.6 Å². The Kier molecular flexibility index (Phi) is 3.00. The van der Waals surface area contributed by atoms with Gasteiger partial charge in [0.05, 0.1) is 6.42 Å². The summed E-state index contributed by atoms with van der Waals surface area (Å²) in [7, 11) is 0. The maximum absolute atomic E-state index is 5.82. The lowest BCUT2D eigenvalue weighted by atomic mass is 10.1. The Hall–Kier alpha value is -2.22. The smallest absolute Gasteiger partial charge is 0.112 e. The lowest BCUT2D eigenvalue weighted by molar-refractivity contribution is 0.451. The van der Waals surface area contributed by atoms with Gasteiger partial charge in [-0.25, -0.2) is 0 Å². The molecule has 0 spiro atoms. The van der Waals surface area contributed by atoms with Gasteiger partial charge >= 0.3 is 0 Å². The molecule has 19 heavy (non-hydrogen) atoms. The van der Waals surface area contributed by atoms with Crippen LogP contribution in [0, 0.1) is 13.8 Å². The zero-order valence-corrected chi connectivity index (χ0v) is 11.1. The molecule has 0 unspecified atom stereocenters. The Morgan fingerprint density at radius 1 is 0.842 bits per heavy atom. The van der Waals surface area contributed by atoms with Gasteiger partial charge in [-0.1, -0.05) is 30.3 Å². The third kappa shape index (κ3) is 2.48. The molecule has 0 bridgehead atoms. The zero-order chi connectivity index (χ0) is 13.2. The van der Waals surface area contributed by atoms with Crippen LogP contribution >= 0.6 is 0 Å². The SMILES string of the molecule is Cc1ccc(Cc2cc(-c3ccccc3)c(C)o2)o1. The van der Waals surface area contributed by atoms with Gasteiger partial charge in [-0.05, 0) is 37.6 Å². The molecule has 2 aromatic heterocycles. The first-order valence-corrected chi connectivity index (χ1v) is 6.42. The van der Waals surface area contributed by atoms with Crippen LogP contribution in [0.1, 0.15) is 23.0 Å². The molecule has 0 amide bonds. The molecule has 2 nitrogen and oxygen atoms in total. The molecule has 0 atom stereocenters. The molecule has 2 heterocycles. The molecule has 0 fully saturated rings. The molecule has 96 valence electrons. The van der Waals surface area contributed by atoms with Crippen LogP contribution in [0.4, 0.5) is 0 Å². The van der Waals surface area contributed by atoms with Crippen LogP contribution < -0.4 is 0 Å². The number of furan rings is 2. The first kappa shape index (κ1) is 11.8. The Morgan fingerprint density at radius 3 is 2.32 bits per heavy atom. The summed E-state index contributed by atoms with van der Waals surface area (Å²) in [5, 5.41) is 0. The largest absolute Gasteiger partial charge is 0.466 e. The van der Waals surface area contributed by atoms with Crippen LogP contribution in [0.15, 0.2) is 57.4 Å². The van der Waals surface area contributed by atoms with Gasteiger partial charge in [0.15, 0.2) is 0 Å². The van der Waals surface area contributed by atoms with Gasteiger partial charge in [-0.3, -0.25) is 0 Å². The van der Waals surface area contributed by atoms with Gasteiger partial charge in [0, 0.05) is 5.56 Å². The van der Waals surface area contributed by atoms with Gasteiger partial charge in [0.25, 0.3) is 0 Å². The molecule has 2 heteroatoms. The lowest BCUT2D eigenvalue weighted by Crippen LogP contribution is -1.81. The van der Waals surface area contributed by atoms with Crippen molar-refractivity contribution in [3.63, 3.8) is 0 Å². The van der Waals surface area contributed by atoms with E-state index in [0.29, 0.717) is 6.42 Å². The van der Waals surface area contributed by atoms with E-state index in [1.807, 2.05) is 44.2 Å². The van der Waals surface area contributed by atoms with E-state index in [4.69, 9.17) is 8.83 Å². The summed E-state index contributed by atoms with van der Waals surface area (Å²) in [4.78, 5) is 0. The van der Waals surface area contributed by atoms with Crippen molar-refractivity contribution in [3.8, 4) is 11.1 Å².